The van der Waals surface area contributed by atoms with E-state index in [2.05, 4.69) is 25.8 Å². The first kappa shape index (κ1) is 17.8. The van der Waals surface area contributed by atoms with Gasteiger partial charge in [-0.3, -0.25) is 4.40 Å². The third-order valence-electron chi connectivity index (χ3n) is 3.77. The van der Waals surface area contributed by atoms with Crippen molar-refractivity contribution in [3.63, 3.8) is 0 Å². The van der Waals surface area contributed by atoms with Crippen molar-refractivity contribution < 1.29 is 8.42 Å². The number of hydrogen-bond acceptors (Lipinski definition) is 4. The molecule has 3 rings (SSSR count). The second-order valence-corrected chi connectivity index (χ2v) is 8.22. The third kappa shape index (κ3) is 3.83. The number of pyridine rings is 1. The Kier molecular flexibility index (Phi) is 5.07. The number of halogens is 1. The van der Waals surface area contributed by atoms with Gasteiger partial charge in [0.2, 0.25) is 10.0 Å². The number of benzene rings is 1. The fourth-order valence-electron chi connectivity index (χ4n) is 2.42. The standard InChI is InChI=1S/C16H17BrN4O3S/c1-12-11-13(6-7-14(12)17)25(23,24)18-8-4-10-21-16(22)20-9-3-2-5-15(20)19-21/h2-3,5-7,9,11,18H,4,8,10H2,1H3. The van der Waals surface area contributed by atoms with Crippen LogP contribution in [0.25, 0.3) is 5.65 Å². The number of nitrogens with zero attached hydrogens (tertiary/aromatic N) is 3. The Bertz CT molecular complexity index is 1070. The van der Waals surface area contributed by atoms with E-state index in [4.69, 9.17) is 0 Å². The predicted octanol–water partition coefficient (Wildman–Crippen LogP) is 1.94. The maximum atomic E-state index is 12.3. The number of aryl methyl sites for hydroxylation is 2. The molecule has 25 heavy (non-hydrogen) atoms. The normalized spacial score (nSPS) is 11.9. The Balaban J connectivity index is 1.63. The number of fused-ring (bicyclic) bond motifs is 1. The van der Waals surface area contributed by atoms with Gasteiger partial charge in [0, 0.05) is 23.8 Å². The average Bonchev–Trinajstić information content (AvgIpc) is 2.90. The van der Waals surface area contributed by atoms with E-state index in [1.807, 2.05) is 6.92 Å². The van der Waals surface area contributed by atoms with E-state index < -0.39 is 10.0 Å². The second kappa shape index (κ2) is 7.11. The highest BCUT2D eigenvalue weighted by atomic mass is 79.9. The summed E-state index contributed by atoms with van der Waals surface area (Å²) >= 11 is 3.35. The first-order valence-corrected chi connectivity index (χ1v) is 9.96. The molecule has 0 amide bonds. The van der Waals surface area contributed by atoms with Crippen LogP contribution in [-0.4, -0.2) is 29.1 Å². The van der Waals surface area contributed by atoms with Gasteiger partial charge in [-0.2, -0.15) is 0 Å². The van der Waals surface area contributed by atoms with Gasteiger partial charge in [-0.25, -0.2) is 22.6 Å². The summed E-state index contributed by atoms with van der Waals surface area (Å²) in [7, 11) is -3.57. The molecule has 9 heteroatoms. The van der Waals surface area contributed by atoms with Crippen molar-refractivity contribution in [3.8, 4) is 0 Å². The Morgan fingerprint density at radius 3 is 2.76 bits per heavy atom. The predicted molar refractivity (Wildman–Crippen MR) is 98.1 cm³/mol. The second-order valence-electron chi connectivity index (χ2n) is 5.60. The Labute approximate surface area is 153 Å². The molecule has 0 radical (unpaired) electrons. The van der Waals surface area contributed by atoms with Crippen molar-refractivity contribution in [2.75, 3.05) is 6.54 Å². The minimum atomic E-state index is -3.57. The van der Waals surface area contributed by atoms with Gasteiger partial charge in [-0.1, -0.05) is 22.0 Å². The van der Waals surface area contributed by atoms with Gasteiger partial charge in [0.25, 0.3) is 0 Å². The minimum absolute atomic E-state index is 0.220. The molecule has 2 aromatic heterocycles. The van der Waals surface area contributed by atoms with Crippen LogP contribution in [0, 0.1) is 6.92 Å². The number of sulfonamides is 1. The van der Waals surface area contributed by atoms with Crippen LogP contribution in [0.5, 0.6) is 0 Å². The summed E-state index contributed by atoms with van der Waals surface area (Å²) in [6, 6.07) is 10.2. The molecule has 0 fully saturated rings. The van der Waals surface area contributed by atoms with Crippen LogP contribution in [0.2, 0.25) is 0 Å². The Morgan fingerprint density at radius 2 is 2.04 bits per heavy atom. The Morgan fingerprint density at radius 1 is 1.24 bits per heavy atom. The van der Waals surface area contributed by atoms with Crippen molar-refractivity contribution >= 4 is 31.6 Å². The van der Waals surface area contributed by atoms with Crippen LogP contribution < -0.4 is 10.4 Å². The molecule has 1 aromatic carbocycles. The lowest BCUT2D eigenvalue weighted by atomic mass is 10.2. The molecular weight excluding hydrogens is 408 g/mol. The topological polar surface area (TPSA) is 85.5 Å². The van der Waals surface area contributed by atoms with Crippen LogP contribution in [0.4, 0.5) is 0 Å². The van der Waals surface area contributed by atoms with Crippen molar-refractivity contribution in [3.05, 3.63) is 63.1 Å². The van der Waals surface area contributed by atoms with Gasteiger partial charge in [-0.15, -0.1) is 5.10 Å². The molecular formula is C16H17BrN4O3S. The highest BCUT2D eigenvalue weighted by Crippen LogP contribution is 2.19. The molecule has 0 aliphatic rings. The van der Waals surface area contributed by atoms with E-state index in [-0.39, 0.29) is 17.1 Å². The number of rotatable bonds is 6. The van der Waals surface area contributed by atoms with Crippen LogP contribution in [-0.2, 0) is 16.6 Å². The van der Waals surface area contributed by atoms with Crippen molar-refractivity contribution in [1.29, 1.82) is 0 Å². The van der Waals surface area contributed by atoms with Gasteiger partial charge < -0.3 is 0 Å². The molecule has 132 valence electrons. The fourth-order valence-corrected chi connectivity index (χ4v) is 3.82. The lowest BCUT2D eigenvalue weighted by molar-refractivity contribution is 0.543. The lowest BCUT2D eigenvalue weighted by Crippen LogP contribution is -2.27. The summed E-state index contributed by atoms with van der Waals surface area (Å²) in [5, 5.41) is 4.21. The smallest absolute Gasteiger partial charge is 0.250 e. The fraction of sp³-hybridized carbons (Fsp3) is 0.250. The van der Waals surface area contributed by atoms with E-state index in [0.29, 0.717) is 18.6 Å². The molecule has 1 N–H and O–H groups in total. The molecule has 0 saturated carbocycles. The molecule has 3 aromatic rings. The van der Waals surface area contributed by atoms with Crippen molar-refractivity contribution in [2.24, 2.45) is 0 Å². The van der Waals surface area contributed by atoms with Crippen LogP contribution in [0.1, 0.15) is 12.0 Å². The molecule has 0 aliphatic carbocycles. The molecule has 0 bridgehead atoms. The highest BCUT2D eigenvalue weighted by Gasteiger charge is 2.14. The Hall–Kier alpha value is -1.97. The number of aromatic nitrogens is 3. The van der Waals surface area contributed by atoms with E-state index in [1.54, 1.807) is 42.6 Å². The summed E-state index contributed by atoms with van der Waals surface area (Å²) in [5.74, 6) is 0. The summed E-state index contributed by atoms with van der Waals surface area (Å²) in [6.45, 7) is 2.39. The van der Waals surface area contributed by atoms with Gasteiger partial charge in [0.05, 0.1) is 4.90 Å². The molecule has 0 unspecified atom stereocenters. The monoisotopic (exact) mass is 424 g/mol. The highest BCUT2D eigenvalue weighted by molar-refractivity contribution is 9.10. The molecule has 7 nitrogen and oxygen atoms in total. The van der Waals surface area contributed by atoms with Crippen LogP contribution in [0.15, 0.2) is 56.8 Å². The van der Waals surface area contributed by atoms with E-state index in [0.717, 1.165) is 10.0 Å². The lowest BCUT2D eigenvalue weighted by Gasteiger charge is -2.08. The van der Waals surface area contributed by atoms with E-state index >= 15 is 0 Å². The zero-order chi connectivity index (χ0) is 18.0. The van der Waals surface area contributed by atoms with Crippen LogP contribution in [0.3, 0.4) is 0 Å². The third-order valence-corrected chi connectivity index (χ3v) is 6.12. The zero-order valence-electron chi connectivity index (χ0n) is 13.5. The minimum Gasteiger partial charge on any atom is -0.250 e. The molecule has 2 heterocycles. The molecule has 0 aliphatic heterocycles. The first-order chi connectivity index (χ1) is 11.9. The SMILES string of the molecule is Cc1cc(S(=O)(=O)NCCCn2nc3ccccn3c2=O)ccc1Br. The summed E-state index contributed by atoms with van der Waals surface area (Å²) in [6.07, 6.45) is 2.11. The average molecular weight is 425 g/mol. The zero-order valence-corrected chi connectivity index (χ0v) is 15.9. The van der Waals surface area contributed by atoms with E-state index in [9.17, 15) is 13.2 Å². The number of nitrogens with one attached hydrogen (secondary N) is 1. The van der Waals surface area contributed by atoms with Crippen molar-refractivity contribution in [1.82, 2.24) is 18.9 Å². The van der Waals surface area contributed by atoms with Crippen molar-refractivity contribution in [2.45, 2.75) is 24.8 Å². The quantitative estimate of drug-likeness (QED) is 0.612. The molecule has 0 spiro atoms. The van der Waals surface area contributed by atoms with Gasteiger partial charge in [0.1, 0.15) is 0 Å². The van der Waals surface area contributed by atoms with Crippen LogP contribution >= 0.6 is 15.9 Å². The first-order valence-electron chi connectivity index (χ1n) is 7.68. The number of hydrogen-bond donors (Lipinski definition) is 1. The summed E-state index contributed by atoms with van der Waals surface area (Å²) in [4.78, 5) is 12.4. The van der Waals surface area contributed by atoms with E-state index in [1.165, 1.54) is 9.08 Å². The maximum absolute atomic E-state index is 12.3. The maximum Gasteiger partial charge on any atom is 0.350 e. The van der Waals surface area contributed by atoms with Gasteiger partial charge in [0.15, 0.2) is 5.65 Å². The largest absolute Gasteiger partial charge is 0.350 e. The molecule has 0 saturated heterocycles. The molecule has 0 atom stereocenters. The summed E-state index contributed by atoms with van der Waals surface area (Å²) < 4.78 is 30.8. The van der Waals surface area contributed by atoms with Gasteiger partial charge in [-0.05, 0) is 49.2 Å². The van der Waals surface area contributed by atoms with Gasteiger partial charge >= 0.3 is 5.69 Å². The summed E-state index contributed by atoms with van der Waals surface area (Å²) in [5.41, 5.74) is 1.18.